The van der Waals surface area contributed by atoms with Crippen LogP contribution < -0.4 is 0 Å². The Balaban J connectivity index is 2.26. The molecular weight excluding hydrogens is 300 g/mol. The standard InChI is InChI=1S/C12H18N2O4S2/c1-13(2)7-10-4-3-5-14(10)20(17,18)11-6-9(8-19-11)12(15)16/h6,8,10H,3-5,7H2,1-2H3,(H,15,16). The zero-order valence-corrected chi connectivity index (χ0v) is 13.1. The molecule has 0 spiro atoms. The van der Waals surface area contributed by atoms with Crippen LogP contribution in [0.4, 0.5) is 0 Å². The number of likely N-dealkylation sites (N-methyl/N-ethyl adjacent to an activating group) is 1. The molecule has 20 heavy (non-hydrogen) atoms. The molecule has 6 nitrogen and oxygen atoms in total. The Kier molecular flexibility index (Phi) is 4.48. The van der Waals surface area contributed by atoms with Crippen LogP contribution in [0.15, 0.2) is 15.7 Å². The maximum Gasteiger partial charge on any atom is 0.336 e. The topological polar surface area (TPSA) is 77.9 Å². The number of carbonyl (C=O) groups is 1. The summed E-state index contributed by atoms with van der Waals surface area (Å²) in [7, 11) is 0.243. The number of aromatic carboxylic acids is 1. The quantitative estimate of drug-likeness (QED) is 0.881. The summed E-state index contributed by atoms with van der Waals surface area (Å²) in [6.07, 6.45) is 1.68. The van der Waals surface area contributed by atoms with Crippen LogP contribution in [-0.4, -0.2) is 61.9 Å². The van der Waals surface area contributed by atoms with E-state index in [1.165, 1.54) is 15.8 Å². The highest BCUT2D eigenvalue weighted by Crippen LogP contribution is 2.30. The zero-order valence-electron chi connectivity index (χ0n) is 11.4. The van der Waals surface area contributed by atoms with Gasteiger partial charge in [-0.15, -0.1) is 11.3 Å². The van der Waals surface area contributed by atoms with Crippen molar-refractivity contribution in [3.05, 3.63) is 17.0 Å². The van der Waals surface area contributed by atoms with Gasteiger partial charge < -0.3 is 10.0 Å². The number of nitrogens with zero attached hydrogens (tertiary/aromatic N) is 2. The highest BCUT2D eigenvalue weighted by molar-refractivity contribution is 7.91. The van der Waals surface area contributed by atoms with E-state index in [-0.39, 0.29) is 15.8 Å². The summed E-state index contributed by atoms with van der Waals surface area (Å²) in [5.74, 6) is -1.10. The minimum absolute atomic E-state index is 0.0249. The van der Waals surface area contributed by atoms with Crippen LogP contribution in [0.3, 0.4) is 0 Å². The summed E-state index contributed by atoms with van der Waals surface area (Å²) in [5, 5.41) is 10.3. The molecule has 1 aliphatic rings. The van der Waals surface area contributed by atoms with E-state index in [1.807, 2.05) is 19.0 Å². The second-order valence-electron chi connectivity index (χ2n) is 5.13. The maximum atomic E-state index is 12.6. The molecule has 1 aromatic heterocycles. The third-order valence-electron chi connectivity index (χ3n) is 3.28. The van der Waals surface area contributed by atoms with E-state index in [1.54, 1.807) is 0 Å². The molecular formula is C12H18N2O4S2. The van der Waals surface area contributed by atoms with Gasteiger partial charge in [-0.05, 0) is 33.0 Å². The Labute approximate surface area is 122 Å². The molecule has 0 amide bonds. The highest BCUT2D eigenvalue weighted by atomic mass is 32.2. The lowest BCUT2D eigenvalue weighted by Crippen LogP contribution is -2.41. The third kappa shape index (κ3) is 3.03. The number of hydrogen-bond acceptors (Lipinski definition) is 5. The number of hydrogen-bond donors (Lipinski definition) is 1. The molecule has 0 radical (unpaired) electrons. The Morgan fingerprint density at radius 3 is 2.80 bits per heavy atom. The molecule has 0 aromatic carbocycles. The highest BCUT2D eigenvalue weighted by Gasteiger charge is 2.36. The van der Waals surface area contributed by atoms with Gasteiger partial charge in [0.15, 0.2) is 0 Å². The smallest absolute Gasteiger partial charge is 0.336 e. The fraction of sp³-hybridized carbons (Fsp3) is 0.583. The molecule has 1 aliphatic heterocycles. The van der Waals surface area contributed by atoms with E-state index >= 15 is 0 Å². The number of carboxylic acids is 1. The molecule has 112 valence electrons. The van der Waals surface area contributed by atoms with Gasteiger partial charge in [0.05, 0.1) is 5.56 Å². The summed E-state index contributed by atoms with van der Waals surface area (Å²) in [5.41, 5.74) is 0.0249. The van der Waals surface area contributed by atoms with E-state index in [9.17, 15) is 13.2 Å². The predicted octanol–water partition coefficient (Wildman–Crippen LogP) is 1.16. The van der Waals surface area contributed by atoms with Crippen molar-refractivity contribution < 1.29 is 18.3 Å². The summed E-state index contributed by atoms with van der Waals surface area (Å²) < 4.78 is 26.8. The average Bonchev–Trinajstić information content (AvgIpc) is 2.95. The van der Waals surface area contributed by atoms with Gasteiger partial charge in [-0.3, -0.25) is 0 Å². The van der Waals surface area contributed by atoms with Gasteiger partial charge in [0, 0.05) is 24.5 Å². The summed E-state index contributed by atoms with van der Waals surface area (Å²) in [6, 6.07) is 1.21. The van der Waals surface area contributed by atoms with Crippen molar-refractivity contribution in [1.29, 1.82) is 0 Å². The zero-order chi connectivity index (χ0) is 14.9. The van der Waals surface area contributed by atoms with Crippen molar-refractivity contribution >= 4 is 27.3 Å². The van der Waals surface area contributed by atoms with E-state index in [4.69, 9.17) is 5.11 Å². The third-order valence-corrected chi connectivity index (χ3v) is 6.65. The molecule has 8 heteroatoms. The first-order chi connectivity index (χ1) is 9.32. The van der Waals surface area contributed by atoms with Gasteiger partial charge in [-0.2, -0.15) is 4.31 Å². The number of rotatable bonds is 5. The van der Waals surface area contributed by atoms with Crippen LogP contribution in [-0.2, 0) is 10.0 Å². The Morgan fingerprint density at radius 2 is 2.25 bits per heavy atom. The molecule has 1 atom stereocenters. The van der Waals surface area contributed by atoms with E-state index in [0.717, 1.165) is 24.2 Å². The van der Waals surface area contributed by atoms with Crippen molar-refractivity contribution in [2.45, 2.75) is 23.1 Å². The van der Waals surface area contributed by atoms with E-state index in [2.05, 4.69) is 0 Å². The van der Waals surface area contributed by atoms with Crippen molar-refractivity contribution in [2.75, 3.05) is 27.2 Å². The number of sulfonamides is 1. The van der Waals surface area contributed by atoms with Gasteiger partial charge >= 0.3 is 5.97 Å². The molecule has 2 rings (SSSR count). The predicted molar refractivity (Wildman–Crippen MR) is 76.7 cm³/mol. The minimum atomic E-state index is -3.58. The van der Waals surface area contributed by atoms with Crippen LogP contribution in [0.5, 0.6) is 0 Å². The van der Waals surface area contributed by atoms with E-state index in [0.29, 0.717) is 13.1 Å². The minimum Gasteiger partial charge on any atom is -0.478 e. The fourth-order valence-electron chi connectivity index (χ4n) is 2.41. The lowest BCUT2D eigenvalue weighted by molar-refractivity contribution is 0.0697. The SMILES string of the molecule is CN(C)CC1CCCN1S(=O)(=O)c1cc(C(=O)O)cs1. The number of thiophene rings is 1. The summed E-state index contributed by atoms with van der Waals surface area (Å²) in [4.78, 5) is 12.8. The second kappa shape index (κ2) is 5.80. The van der Waals surface area contributed by atoms with Crippen LogP contribution in [0.25, 0.3) is 0 Å². The molecule has 1 unspecified atom stereocenters. The first kappa shape index (κ1) is 15.4. The molecule has 2 heterocycles. The lowest BCUT2D eigenvalue weighted by Gasteiger charge is -2.25. The van der Waals surface area contributed by atoms with Gasteiger partial charge in [0.2, 0.25) is 0 Å². The Morgan fingerprint density at radius 1 is 1.55 bits per heavy atom. The lowest BCUT2D eigenvalue weighted by atomic mass is 10.2. The first-order valence-corrected chi connectivity index (χ1v) is 8.62. The van der Waals surface area contributed by atoms with Crippen LogP contribution >= 0.6 is 11.3 Å². The molecule has 0 saturated carbocycles. The first-order valence-electron chi connectivity index (χ1n) is 6.31. The van der Waals surface area contributed by atoms with Crippen molar-refractivity contribution in [1.82, 2.24) is 9.21 Å². The fourth-order valence-corrected chi connectivity index (χ4v) is 5.38. The van der Waals surface area contributed by atoms with Gasteiger partial charge in [-0.1, -0.05) is 0 Å². The normalized spacial score (nSPS) is 20.6. The molecule has 1 N–H and O–H groups in total. The monoisotopic (exact) mass is 318 g/mol. The average molecular weight is 318 g/mol. The second-order valence-corrected chi connectivity index (χ2v) is 8.16. The largest absolute Gasteiger partial charge is 0.478 e. The number of carboxylic acid groups (broad SMARTS) is 1. The maximum absolute atomic E-state index is 12.6. The van der Waals surface area contributed by atoms with Crippen molar-refractivity contribution in [3.63, 3.8) is 0 Å². The van der Waals surface area contributed by atoms with Gasteiger partial charge in [-0.25, -0.2) is 13.2 Å². The van der Waals surface area contributed by atoms with Gasteiger partial charge in [0.25, 0.3) is 10.0 Å². The molecule has 1 fully saturated rings. The van der Waals surface area contributed by atoms with Crippen LogP contribution in [0.1, 0.15) is 23.2 Å². The summed E-state index contributed by atoms with van der Waals surface area (Å²) >= 11 is 0.969. The van der Waals surface area contributed by atoms with Crippen LogP contribution in [0.2, 0.25) is 0 Å². The van der Waals surface area contributed by atoms with Crippen molar-refractivity contribution in [2.24, 2.45) is 0 Å². The molecule has 0 bridgehead atoms. The van der Waals surface area contributed by atoms with Crippen LogP contribution in [0, 0.1) is 0 Å². The van der Waals surface area contributed by atoms with E-state index < -0.39 is 16.0 Å². The Bertz CT molecular complexity index is 594. The van der Waals surface area contributed by atoms with Gasteiger partial charge in [0.1, 0.15) is 4.21 Å². The summed E-state index contributed by atoms with van der Waals surface area (Å²) in [6.45, 7) is 1.18. The van der Waals surface area contributed by atoms with Crippen molar-refractivity contribution in [3.8, 4) is 0 Å². The molecule has 1 saturated heterocycles. The molecule has 0 aliphatic carbocycles. The molecule has 1 aromatic rings. The Hall–Kier alpha value is -0.960.